The zero-order valence-corrected chi connectivity index (χ0v) is 10.0. The summed E-state index contributed by atoms with van der Waals surface area (Å²) < 4.78 is 18.9. The Labute approximate surface area is 100 Å². The van der Waals surface area contributed by atoms with Gasteiger partial charge in [0.15, 0.2) is 5.82 Å². The minimum atomic E-state index is -0.488. The van der Waals surface area contributed by atoms with Gasteiger partial charge in [0.2, 0.25) is 0 Å². The summed E-state index contributed by atoms with van der Waals surface area (Å²) in [6, 6.07) is 5.75. The minimum absolute atomic E-state index is 0.127. The predicted octanol–water partition coefficient (Wildman–Crippen LogP) is 3.48. The van der Waals surface area contributed by atoms with Crippen molar-refractivity contribution in [3.05, 3.63) is 46.4 Å². The summed E-state index contributed by atoms with van der Waals surface area (Å²) in [5.41, 5.74) is 0.955. The molecule has 0 bridgehead atoms. The van der Waals surface area contributed by atoms with Crippen molar-refractivity contribution in [3.8, 4) is 11.8 Å². The molecule has 0 radical (unpaired) electrons. The molecule has 0 saturated heterocycles. The summed E-state index contributed by atoms with van der Waals surface area (Å²) in [4.78, 5) is 7.44. The average molecular weight is 283 g/mol. The first-order valence-corrected chi connectivity index (χ1v) is 5.36. The molecule has 0 aliphatic heterocycles. The highest BCUT2D eigenvalue weighted by Gasteiger charge is 2.04. The second-order valence-electron chi connectivity index (χ2n) is 3.20. The summed E-state index contributed by atoms with van der Waals surface area (Å²) in [7, 11) is 0. The van der Waals surface area contributed by atoms with Crippen molar-refractivity contribution < 1.29 is 9.13 Å². The molecular weight excluding hydrogens is 275 g/mol. The average Bonchev–Trinajstić information content (AvgIpc) is 2.27. The summed E-state index contributed by atoms with van der Waals surface area (Å²) in [6.45, 7) is 1.91. The van der Waals surface area contributed by atoms with E-state index in [0.29, 0.717) is 5.75 Å². The first-order chi connectivity index (χ1) is 7.65. The highest BCUT2D eigenvalue weighted by molar-refractivity contribution is 9.10. The van der Waals surface area contributed by atoms with Crippen LogP contribution in [0.1, 0.15) is 5.56 Å². The first-order valence-electron chi connectivity index (χ1n) is 4.57. The van der Waals surface area contributed by atoms with Crippen LogP contribution in [0.5, 0.6) is 11.8 Å². The van der Waals surface area contributed by atoms with Gasteiger partial charge in [0, 0.05) is 4.47 Å². The molecule has 0 spiro atoms. The number of hydrogen-bond acceptors (Lipinski definition) is 3. The van der Waals surface area contributed by atoms with E-state index in [1.807, 2.05) is 25.1 Å². The molecule has 1 heterocycles. The number of rotatable bonds is 2. The van der Waals surface area contributed by atoms with E-state index in [4.69, 9.17) is 4.74 Å². The van der Waals surface area contributed by atoms with Gasteiger partial charge >= 0.3 is 6.01 Å². The SMILES string of the molecule is Cc1ccc(Br)cc1Oc1ncc(F)cn1. The highest BCUT2D eigenvalue weighted by atomic mass is 79.9. The van der Waals surface area contributed by atoms with E-state index in [-0.39, 0.29) is 6.01 Å². The van der Waals surface area contributed by atoms with E-state index in [1.165, 1.54) is 0 Å². The molecule has 1 aromatic heterocycles. The minimum Gasteiger partial charge on any atom is -0.424 e. The summed E-state index contributed by atoms with van der Waals surface area (Å²) >= 11 is 3.34. The normalized spacial score (nSPS) is 10.2. The molecule has 0 unspecified atom stereocenters. The molecule has 2 aromatic rings. The number of aryl methyl sites for hydroxylation is 1. The van der Waals surface area contributed by atoms with E-state index in [9.17, 15) is 4.39 Å². The van der Waals surface area contributed by atoms with Gasteiger partial charge in [-0.1, -0.05) is 22.0 Å². The van der Waals surface area contributed by atoms with Gasteiger partial charge < -0.3 is 4.74 Å². The number of benzene rings is 1. The maximum absolute atomic E-state index is 12.6. The molecular formula is C11H8BrFN2O. The van der Waals surface area contributed by atoms with Crippen molar-refractivity contribution in [2.45, 2.75) is 6.92 Å². The Kier molecular flexibility index (Phi) is 3.14. The molecule has 5 heteroatoms. The van der Waals surface area contributed by atoms with Crippen molar-refractivity contribution >= 4 is 15.9 Å². The molecule has 2 rings (SSSR count). The molecule has 0 N–H and O–H groups in total. The van der Waals surface area contributed by atoms with Crippen LogP contribution in [0.3, 0.4) is 0 Å². The summed E-state index contributed by atoms with van der Waals surface area (Å²) in [5.74, 6) is 0.152. The zero-order valence-electron chi connectivity index (χ0n) is 8.45. The fraction of sp³-hybridized carbons (Fsp3) is 0.0909. The van der Waals surface area contributed by atoms with Gasteiger partial charge in [-0.2, -0.15) is 0 Å². The third-order valence-electron chi connectivity index (χ3n) is 1.95. The van der Waals surface area contributed by atoms with Crippen LogP contribution in [0, 0.1) is 12.7 Å². The van der Waals surface area contributed by atoms with E-state index >= 15 is 0 Å². The van der Waals surface area contributed by atoms with Crippen LogP contribution in [-0.2, 0) is 0 Å². The second kappa shape index (κ2) is 4.57. The van der Waals surface area contributed by atoms with Gasteiger partial charge in [-0.3, -0.25) is 0 Å². The van der Waals surface area contributed by atoms with Crippen LogP contribution in [0.15, 0.2) is 35.1 Å². The molecule has 0 atom stereocenters. The fourth-order valence-electron chi connectivity index (χ4n) is 1.14. The van der Waals surface area contributed by atoms with Crippen LogP contribution in [0.25, 0.3) is 0 Å². The van der Waals surface area contributed by atoms with Gasteiger partial charge in [-0.05, 0) is 24.6 Å². The van der Waals surface area contributed by atoms with Crippen LogP contribution >= 0.6 is 15.9 Å². The highest BCUT2D eigenvalue weighted by Crippen LogP contribution is 2.25. The number of aromatic nitrogens is 2. The monoisotopic (exact) mass is 282 g/mol. The standard InChI is InChI=1S/C11H8BrFN2O/c1-7-2-3-8(12)4-10(7)16-11-14-5-9(13)6-15-11/h2-6H,1H3. The van der Waals surface area contributed by atoms with Crippen LogP contribution in [-0.4, -0.2) is 9.97 Å². The third kappa shape index (κ3) is 2.55. The van der Waals surface area contributed by atoms with Crippen molar-refractivity contribution in [2.24, 2.45) is 0 Å². The Hall–Kier alpha value is -1.49. The molecule has 0 aliphatic carbocycles. The van der Waals surface area contributed by atoms with E-state index in [2.05, 4.69) is 25.9 Å². The lowest BCUT2D eigenvalue weighted by atomic mass is 10.2. The number of halogens is 2. The fourth-order valence-corrected chi connectivity index (χ4v) is 1.48. The molecule has 3 nitrogen and oxygen atoms in total. The number of hydrogen-bond donors (Lipinski definition) is 0. The van der Waals surface area contributed by atoms with Crippen LogP contribution in [0.4, 0.5) is 4.39 Å². The molecule has 0 amide bonds. The summed E-state index contributed by atoms with van der Waals surface area (Å²) in [5, 5.41) is 0. The molecule has 1 aromatic carbocycles. The van der Waals surface area contributed by atoms with Crippen molar-refractivity contribution in [1.29, 1.82) is 0 Å². The maximum Gasteiger partial charge on any atom is 0.322 e. The molecule has 0 fully saturated rings. The number of nitrogens with zero attached hydrogens (tertiary/aromatic N) is 2. The first kappa shape index (κ1) is 11.0. The van der Waals surface area contributed by atoms with Crippen molar-refractivity contribution in [3.63, 3.8) is 0 Å². The summed E-state index contributed by atoms with van der Waals surface area (Å²) in [6.07, 6.45) is 2.13. The Bertz CT molecular complexity index is 502. The van der Waals surface area contributed by atoms with Crippen molar-refractivity contribution in [1.82, 2.24) is 9.97 Å². The van der Waals surface area contributed by atoms with Gasteiger partial charge in [-0.25, -0.2) is 14.4 Å². The predicted molar refractivity (Wildman–Crippen MR) is 60.9 cm³/mol. The second-order valence-corrected chi connectivity index (χ2v) is 4.11. The Morgan fingerprint density at radius 1 is 1.25 bits per heavy atom. The van der Waals surface area contributed by atoms with Gasteiger partial charge in [0.1, 0.15) is 5.75 Å². The topological polar surface area (TPSA) is 35.0 Å². The smallest absolute Gasteiger partial charge is 0.322 e. The van der Waals surface area contributed by atoms with Gasteiger partial charge in [0.25, 0.3) is 0 Å². The maximum atomic E-state index is 12.6. The largest absolute Gasteiger partial charge is 0.424 e. The van der Waals surface area contributed by atoms with Crippen LogP contribution < -0.4 is 4.74 Å². The van der Waals surface area contributed by atoms with Crippen molar-refractivity contribution in [2.75, 3.05) is 0 Å². The quantitative estimate of drug-likeness (QED) is 0.846. The van der Waals surface area contributed by atoms with E-state index < -0.39 is 5.82 Å². The molecule has 82 valence electrons. The molecule has 0 aliphatic rings. The Balaban J connectivity index is 2.26. The lowest BCUT2D eigenvalue weighted by Gasteiger charge is -2.06. The van der Waals surface area contributed by atoms with Gasteiger partial charge in [-0.15, -0.1) is 0 Å². The van der Waals surface area contributed by atoms with E-state index in [1.54, 1.807) is 0 Å². The Morgan fingerprint density at radius 3 is 2.62 bits per heavy atom. The van der Waals surface area contributed by atoms with Crippen LogP contribution in [0.2, 0.25) is 0 Å². The Morgan fingerprint density at radius 2 is 1.94 bits per heavy atom. The third-order valence-corrected chi connectivity index (χ3v) is 2.44. The molecule has 0 saturated carbocycles. The lowest BCUT2D eigenvalue weighted by molar-refractivity contribution is 0.433. The van der Waals surface area contributed by atoms with E-state index in [0.717, 1.165) is 22.4 Å². The number of ether oxygens (including phenoxy) is 1. The lowest BCUT2D eigenvalue weighted by Crippen LogP contribution is -1.93. The molecule has 16 heavy (non-hydrogen) atoms. The van der Waals surface area contributed by atoms with Gasteiger partial charge in [0.05, 0.1) is 12.4 Å². The zero-order chi connectivity index (χ0) is 11.5.